The number of fused-ring (bicyclic) bond motifs is 2. The van der Waals surface area contributed by atoms with E-state index in [2.05, 4.69) is 12.2 Å². The average Bonchev–Trinajstić information content (AvgIpc) is 3.23. The lowest BCUT2D eigenvalue weighted by molar-refractivity contribution is -0.123. The molecule has 6 heteroatoms. The number of hydrogen-bond donors (Lipinski definition) is 1. The molecule has 0 fully saturated rings. The minimum absolute atomic E-state index is 0.314. The van der Waals surface area contributed by atoms with Gasteiger partial charge in [-0.1, -0.05) is 25.1 Å². The quantitative estimate of drug-likeness (QED) is 0.684. The minimum Gasteiger partial charge on any atom is -0.465 e. The van der Waals surface area contributed by atoms with E-state index in [1.165, 1.54) is 7.05 Å². The summed E-state index contributed by atoms with van der Waals surface area (Å²) in [7, 11) is 1.51. The molecule has 29 heavy (non-hydrogen) atoms. The SMILES string of the molecule is CNC(=O)COC(=O)c1c2c(nc3ccccc13)/C(=C\c1ccco1)CC(C)C2. The number of amides is 1. The van der Waals surface area contributed by atoms with Gasteiger partial charge in [-0.15, -0.1) is 0 Å². The van der Waals surface area contributed by atoms with E-state index >= 15 is 0 Å². The molecule has 3 aromatic rings. The molecule has 148 valence electrons. The zero-order chi connectivity index (χ0) is 20.4. The molecule has 0 aliphatic heterocycles. The van der Waals surface area contributed by atoms with E-state index in [4.69, 9.17) is 14.1 Å². The average molecular weight is 390 g/mol. The smallest absolute Gasteiger partial charge is 0.339 e. The second-order valence-electron chi connectivity index (χ2n) is 7.28. The van der Waals surface area contributed by atoms with Crippen LogP contribution < -0.4 is 5.32 Å². The number of likely N-dealkylation sites (N-methyl/N-ethyl adjacent to an activating group) is 1. The Kier molecular flexibility index (Phi) is 5.16. The number of nitrogens with zero attached hydrogens (tertiary/aromatic N) is 1. The van der Waals surface area contributed by atoms with E-state index in [0.717, 1.165) is 39.9 Å². The molecule has 1 amide bonds. The molecule has 0 saturated heterocycles. The molecule has 1 aliphatic carbocycles. The normalized spacial score (nSPS) is 17.2. The van der Waals surface area contributed by atoms with Crippen molar-refractivity contribution >= 4 is 34.4 Å². The molecule has 0 radical (unpaired) electrons. The van der Waals surface area contributed by atoms with Crippen molar-refractivity contribution < 1.29 is 18.7 Å². The molecule has 1 N–H and O–H groups in total. The minimum atomic E-state index is -0.505. The van der Waals surface area contributed by atoms with Crippen LogP contribution in [0.15, 0.2) is 47.1 Å². The fourth-order valence-electron chi connectivity index (χ4n) is 3.79. The zero-order valence-corrected chi connectivity index (χ0v) is 16.4. The Bertz CT molecular complexity index is 1100. The van der Waals surface area contributed by atoms with E-state index in [9.17, 15) is 9.59 Å². The van der Waals surface area contributed by atoms with Gasteiger partial charge < -0.3 is 14.5 Å². The maximum atomic E-state index is 13.0. The molecule has 0 spiro atoms. The lowest BCUT2D eigenvalue weighted by Crippen LogP contribution is -2.26. The number of esters is 1. The van der Waals surface area contributed by atoms with Gasteiger partial charge in [-0.05, 0) is 54.2 Å². The molecule has 1 unspecified atom stereocenters. The van der Waals surface area contributed by atoms with E-state index in [1.807, 2.05) is 42.5 Å². The first-order valence-corrected chi connectivity index (χ1v) is 9.60. The van der Waals surface area contributed by atoms with Gasteiger partial charge in [-0.25, -0.2) is 9.78 Å². The van der Waals surface area contributed by atoms with Crippen LogP contribution in [0.1, 0.15) is 40.7 Å². The predicted molar refractivity (Wildman–Crippen MR) is 110 cm³/mol. The highest BCUT2D eigenvalue weighted by atomic mass is 16.5. The molecule has 1 atom stereocenters. The van der Waals surface area contributed by atoms with Crippen LogP contribution in [-0.4, -0.2) is 30.5 Å². The Hall–Kier alpha value is -3.41. The fraction of sp³-hybridized carbons (Fsp3) is 0.261. The van der Waals surface area contributed by atoms with Gasteiger partial charge >= 0.3 is 5.97 Å². The topological polar surface area (TPSA) is 81.4 Å². The van der Waals surface area contributed by atoms with Gasteiger partial charge in [-0.2, -0.15) is 0 Å². The standard InChI is InChI=1S/C23H22N2O4/c1-14-10-15(12-16-6-5-9-28-16)22-18(11-14)21(23(27)29-13-20(26)24-2)17-7-3-4-8-19(17)25-22/h3-9,12,14H,10-11,13H2,1-2H3,(H,24,26)/b15-12-. The van der Waals surface area contributed by atoms with E-state index < -0.39 is 5.97 Å². The van der Waals surface area contributed by atoms with Crippen LogP contribution in [-0.2, 0) is 16.0 Å². The maximum Gasteiger partial charge on any atom is 0.339 e. The van der Waals surface area contributed by atoms with Crippen molar-refractivity contribution in [1.82, 2.24) is 10.3 Å². The molecule has 1 aromatic carbocycles. The maximum absolute atomic E-state index is 13.0. The lowest BCUT2D eigenvalue weighted by atomic mass is 9.81. The molecular formula is C23H22N2O4. The first kappa shape index (κ1) is 18.9. The Balaban J connectivity index is 1.87. The van der Waals surface area contributed by atoms with Gasteiger partial charge in [0.15, 0.2) is 6.61 Å². The number of ether oxygens (including phenoxy) is 1. The number of rotatable bonds is 4. The van der Waals surface area contributed by atoms with Crippen molar-refractivity contribution in [3.05, 3.63) is 65.2 Å². The number of hydrogen-bond acceptors (Lipinski definition) is 5. The Morgan fingerprint density at radius 1 is 1.24 bits per heavy atom. The summed E-state index contributed by atoms with van der Waals surface area (Å²) in [5, 5.41) is 3.20. The van der Waals surface area contributed by atoms with Gasteiger partial charge in [0, 0.05) is 12.4 Å². The third kappa shape index (κ3) is 3.78. The summed E-state index contributed by atoms with van der Waals surface area (Å²) in [6.45, 7) is 1.83. The number of nitrogens with one attached hydrogen (secondary N) is 1. The number of carbonyl (C=O) groups excluding carboxylic acids is 2. The number of para-hydroxylation sites is 1. The fourth-order valence-corrected chi connectivity index (χ4v) is 3.79. The van der Waals surface area contributed by atoms with Gasteiger partial charge in [0.1, 0.15) is 5.76 Å². The summed E-state index contributed by atoms with van der Waals surface area (Å²) in [5.74, 6) is 0.225. The number of pyridine rings is 1. The second-order valence-corrected chi connectivity index (χ2v) is 7.28. The van der Waals surface area contributed by atoms with Gasteiger partial charge in [0.05, 0.1) is 23.0 Å². The van der Waals surface area contributed by atoms with E-state index in [0.29, 0.717) is 17.9 Å². The molecule has 0 bridgehead atoms. The first-order chi connectivity index (χ1) is 14.1. The van der Waals surface area contributed by atoms with Crippen LogP contribution in [0.2, 0.25) is 0 Å². The molecular weight excluding hydrogens is 368 g/mol. The first-order valence-electron chi connectivity index (χ1n) is 9.60. The summed E-state index contributed by atoms with van der Waals surface area (Å²) in [6.07, 6.45) is 5.17. The highest BCUT2D eigenvalue weighted by Gasteiger charge is 2.29. The summed E-state index contributed by atoms with van der Waals surface area (Å²) in [4.78, 5) is 29.4. The number of furan rings is 1. The summed E-state index contributed by atoms with van der Waals surface area (Å²) in [6, 6.07) is 11.3. The Morgan fingerprint density at radius 3 is 2.83 bits per heavy atom. The Labute approximate surface area is 168 Å². The molecule has 2 heterocycles. The summed E-state index contributed by atoms with van der Waals surface area (Å²) >= 11 is 0. The third-order valence-corrected chi connectivity index (χ3v) is 5.10. The van der Waals surface area contributed by atoms with Gasteiger partial charge in [0.25, 0.3) is 5.91 Å². The number of aromatic nitrogens is 1. The molecule has 4 rings (SSSR count). The van der Waals surface area contributed by atoms with Crippen molar-refractivity contribution in [2.45, 2.75) is 19.8 Å². The van der Waals surface area contributed by atoms with Crippen LogP contribution in [0.5, 0.6) is 0 Å². The number of allylic oxidation sites excluding steroid dienone is 1. The van der Waals surface area contributed by atoms with Gasteiger partial charge in [0.2, 0.25) is 0 Å². The number of benzene rings is 1. The van der Waals surface area contributed by atoms with Crippen molar-refractivity contribution in [1.29, 1.82) is 0 Å². The molecule has 2 aromatic heterocycles. The van der Waals surface area contributed by atoms with Gasteiger partial charge in [-0.3, -0.25) is 4.79 Å². The van der Waals surface area contributed by atoms with Crippen LogP contribution in [0.25, 0.3) is 22.6 Å². The van der Waals surface area contributed by atoms with Crippen LogP contribution in [0.4, 0.5) is 0 Å². The highest BCUT2D eigenvalue weighted by molar-refractivity contribution is 6.07. The van der Waals surface area contributed by atoms with Crippen LogP contribution >= 0.6 is 0 Å². The molecule has 6 nitrogen and oxygen atoms in total. The van der Waals surface area contributed by atoms with Crippen molar-refractivity contribution in [2.75, 3.05) is 13.7 Å². The number of carbonyl (C=O) groups is 2. The Morgan fingerprint density at radius 2 is 2.07 bits per heavy atom. The predicted octanol–water partition coefficient (Wildman–Crippen LogP) is 3.85. The van der Waals surface area contributed by atoms with E-state index in [-0.39, 0.29) is 12.5 Å². The van der Waals surface area contributed by atoms with E-state index in [1.54, 1.807) is 6.26 Å². The van der Waals surface area contributed by atoms with Crippen molar-refractivity contribution in [3.8, 4) is 0 Å². The van der Waals surface area contributed by atoms with Crippen LogP contribution in [0.3, 0.4) is 0 Å². The monoisotopic (exact) mass is 390 g/mol. The molecule has 0 saturated carbocycles. The van der Waals surface area contributed by atoms with Crippen LogP contribution in [0, 0.1) is 5.92 Å². The molecule has 1 aliphatic rings. The lowest BCUT2D eigenvalue weighted by Gasteiger charge is -2.26. The zero-order valence-electron chi connectivity index (χ0n) is 16.4. The second kappa shape index (κ2) is 7.91. The third-order valence-electron chi connectivity index (χ3n) is 5.10. The summed E-state index contributed by atoms with van der Waals surface area (Å²) < 4.78 is 10.8. The summed E-state index contributed by atoms with van der Waals surface area (Å²) in [5.41, 5.74) is 3.90. The largest absolute Gasteiger partial charge is 0.465 e. The van der Waals surface area contributed by atoms with Crippen molar-refractivity contribution in [3.63, 3.8) is 0 Å². The van der Waals surface area contributed by atoms with Crippen molar-refractivity contribution in [2.24, 2.45) is 5.92 Å². The highest BCUT2D eigenvalue weighted by Crippen LogP contribution is 2.38.